The smallest absolute Gasteiger partial charge is 0.00977 e. The highest BCUT2D eigenvalue weighted by Crippen LogP contribution is 2.46. The molecule has 2 unspecified atom stereocenters. The van der Waals surface area contributed by atoms with Gasteiger partial charge in [0.05, 0.1) is 0 Å². The predicted octanol–water partition coefficient (Wildman–Crippen LogP) is 2.52. The molecule has 0 aromatic carbocycles. The van der Waals surface area contributed by atoms with Gasteiger partial charge in [-0.3, -0.25) is 0 Å². The minimum atomic E-state index is 0.810. The number of allylic oxidation sites excluding steroid dienone is 1. The SMILES string of the molecule is C=C1C(C)C1CCCS. The summed E-state index contributed by atoms with van der Waals surface area (Å²) in [5.74, 6) is 2.68. The van der Waals surface area contributed by atoms with Crippen LogP contribution in [-0.2, 0) is 0 Å². The normalized spacial score (nSPS) is 32.9. The molecule has 0 aromatic heterocycles. The maximum atomic E-state index is 4.15. The molecule has 9 heavy (non-hydrogen) atoms. The van der Waals surface area contributed by atoms with E-state index in [0.717, 1.165) is 17.6 Å². The molecule has 0 spiro atoms. The van der Waals surface area contributed by atoms with Gasteiger partial charge in [0.2, 0.25) is 0 Å². The first-order valence-corrected chi connectivity index (χ1v) is 4.20. The fourth-order valence-electron chi connectivity index (χ4n) is 1.29. The molecule has 0 nitrogen and oxygen atoms in total. The average Bonchev–Trinajstić information content (AvgIpc) is 2.39. The van der Waals surface area contributed by atoms with E-state index in [1.54, 1.807) is 0 Å². The molecule has 1 aliphatic carbocycles. The van der Waals surface area contributed by atoms with Gasteiger partial charge in [0, 0.05) is 0 Å². The summed E-state index contributed by atoms with van der Waals surface area (Å²) in [5.41, 5.74) is 1.46. The number of thiol groups is 1. The first-order chi connectivity index (χ1) is 4.27. The molecule has 1 fully saturated rings. The van der Waals surface area contributed by atoms with Crippen LogP contribution < -0.4 is 0 Å². The molecular formula is C8H14S. The molecule has 0 N–H and O–H groups in total. The molecule has 1 aliphatic rings. The lowest BCUT2D eigenvalue weighted by Crippen LogP contribution is -1.80. The van der Waals surface area contributed by atoms with Crippen molar-refractivity contribution in [2.45, 2.75) is 19.8 Å². The van der Waals surface area contributed by atoms with Crippen LogP contribution in [0.2, 0.25) is 0 Å². The van der Waals surface area contributed by atoms with Crippen LogP contribution in [0.1, 0.15) is 19.8 Å². The molecule has 1 rings (SSSR count). The molecule has 1 saturated carbocycles. The zero-order valence-corrected chi connectivity index (χ0v) is 6.82. The van der Waals surface area contributed by atoms with E-state index >= 15 is 0 Å². The maximum Gasteiger partial charge on any atom is -0.00977 e. The van der Waals surface area contributed by atoms with Crippen LogP contribution in [0.3, 0.4) is 0 Å². The van der Waals surface area contributed by atoms with Gasteiger partial charge >= 0.3 is 0 Å². The van der Waals surface area contributed by atoms with Crippen LogP contribution in [0.5, 0.6) is 0 Å². The van der Waals surface area contributed by atoms with E-state index in [0.29, 0.717) is 0 Å². The minimum Gasteiger partial charge on any atom is -0.179 e. The van der Waals surface area contributed by atoms with E-state index < -0.39 is 0 Å². The fraction of sp³-hybridized carbons (Fsp3) is 0.750. The zero-order chi connectivity index (χ0) is 6.85. The Balaban J connectivity index is 2.11. The van der Waals surface area contributed by atoms with Crippen LogP contribution in [-0.4, -0.2) is 5.75 Å². The lowest BCUT2D eigenvalue weighted by Gasteiger charge is -1.90. The number of hydrogen-bond acceptors (Lipinski definition) is 1. The van der Waals surface area contributed by atoms with Gasteiger partial charge in [0.25, 0.3) is 0 Å². The lowest BCUT2D eigenvalue weighted by atomic mass is 10.2. The second-order valence-corrected chi connectivity index (χ2v) is 3.28. The van der Waals surface area contributed by atoms with Crippen molar-refractivity contribution in [2.24, 2.45) is 11.8 Å². The van der Waals surface area contributed by atoms with Crippen molar-refractivity contribution >= 4 is 12.6 Å². The van der Waals surface area contributed by atoms with Crippen LogP contribution in [0.15, 0.2) is 12.2 Å². The quantitative estimate of drug-likeness (QED) is 0.454. The van der Waals surface area contributed by atoms with Crippen molar-refractivity contribution in [1.82, 2.24) is 0 Å². The molecule has 52 valence electrons. The molecule has 0 bridgehead atoms. The second kappa shape index (κ2) is 2.78. The molecule has 0 aliphatic heterocycles. The third-order valence-corrected chi connectivity index (χ3v) is 2.55. The standard InChI is InChI=1S/C8H14S/c1-6-7(2)8(6)4-3-5-9/h7-9H,1,3-5H2,2H3. The van der Waals surface area contributed by atoms with Gasteiger partial charge in [0.15, 0.2) is 0 Å². The van der Waals surface area contributed by atoms with Gasteiger partial charge in [0.1, 0.15) is 0 Å². The first kappa shape index (κ1) is 7.20. The summed E-state index contributed by atoms with van der Waals surface area (Å²) in [7, 11) is 0. The van der Waals surface area contributed by atoms with Crippen molar-refractivity contribution in [3.05, 3.63) is 12.2 Å². The molecule has 2 atom stereocenters. The largest absolute Gasteiger partial charge is 0.179 e. The van der Waals surface area contributed by atoms with Crippen molar-refractivity contribution in [1.29, 1.82) is 0 Å². The van der Waals surface area contributed by atoms with Crippen LogP contribution in [0.25, 0.3) is 0 Å². The summed E-state index contributed by atoms with van der Waals surface area (Å²) >= 11 is 4.15. The maximum absolute atomic E-state index is 4.15. The molecule has 0 saturated heterocycles. The predicted molar refractivity (Wildman–Crippen MR) is 44.9 cm³/mol. The first-order valence-electron chi connectivity index (χ1n) is 3.57. The lowest BCUT2D eigenvalue weighted by molar-refractivity contribution is 0.669. The van der Waals surface area contributed by atoms with Gasteiger partial charge in [-0.25, -0.2) is 0 Å². The van der Waals surface area contributed by atoms with E-state index in [1.807, 2.05) is 0 Å². The highest BCUT2D eigenvalue weighted by molar-refractivity contribution is 7.80. The molecule has 1 heteroatoms. The van der Waals surface area contributed by atoms with Crippen molar-refractivity contribution in [2.75, 3.05) is 5.75 Å². The van der Waals surface area contributed by atoms with Gasteiger partial charge in [-0.05, 0) is 30.4 Å². The Kier molecular flexibility index (Phi) is 2.23. The second-order valence-electron chi connectivity index (χ2n) is 2.84. The summed E-state index contributed by atoms with van der Waals surface area (Å²) in [6.45, 7) is 6.21. The average molecular weight is 142 g/mol. The van der Waals surface area contributed by atoms with Crippen molar-refractivity contribution in [3.63, 3.8) is 0 Å². The Labute approximate surface area is 62.8 Å². The molecular weight excluding hydrogens is 128 g/mol. The van der Waals surface area contributed by atoms with Gasteiger partial charge in [-0.15, -0.1) is 0 Å². The zero-order valence-electron chi connectivity index (χ0n) is 5.93. The summed E-state index contributed by atoms with van der Waals surface area (Å²) in [6.07, 6.45) is 2.56. The Morgan fingerprint density at radius 3 is 2.56 bits per heavy atom. The fourth-order valence-corrected chi connectivity index (χ4v) is 1.47. The third kappa shape index (κ3) is 1.51. The summed E-state index contributed by atoms with van der Waals surface area (Å²) in [6, 6.07) is 0. The topological polar surface area (TPSA) is 0 Å². The highest BCUT2D eigenvalue weighted by Gasteiger charge is 2.36. The van der Waals surface area contributed by atoms with E-state index in [-0.39, 0.29) is 0 Å². The Bertz CT molecular complexity index is 118. The Morgan fingerprint density at radius 1 is 1.67 bits per heavy atom. The van der Waals surface area contributed by atoms with E-state index in [9.17, 15) is 0 Å². The Hall–Kier alpha value is 0.0900. The number of rotatable bonds is 3. The highest BCUT2D eigenvalue weighted by atomic mass is 32.1. The molecule has 0 amide bonds. The van der Waals surface area contributed by atoms with E-state index in [1.165, 1.54) is 18.4 Å². The van der Waals surface area contributed by atoms with E-state index in [2.05, 4.69) is 26.1 Å². The monoisotopic (exact) mass is 142 g/mol. The Morgan fingerprint density at radius 2 is 2.22 bits per heavy atom. The molecule has 0 aromatic rings. The minimum absolute atomic E-state index is 0.810. The van der Waals surface area contributed by atoms with Crippen molar-refractivity contribution in [3.8, 4) is 0 Å². The number of hydrogen-bond donors (Lipinski definition) is 1. The van der Waals surface area contributed by atoms with Gasteiger partial charge in [-0.1, -0.05) is 19.1 Å². The van der Waals surface area contributed by atoms with E-state index in [4.69, 9.17) is 0 Å². The van der Waals surface area contributed by atoms with Crippen LogP contribution >= 0.6 is 12.6 Å². The summed E-state index contributed by atoms with van der Waals surface area (Å²) in [5, 5.41) is 0. The van der Waals surface area contributed by atoms with Gasteiger partial charge in [-0.2, -0.15) is 12.6 Å². The molecule has 0 radical (unpaired) electrons. The van der Waals surface area contributed by atoms with Crippen LogP contribution in [0, 0.1) is 11.8 Å². The van der Waals surface area contributed by atoms with Crippen LogP contribution in [0.4, 0.5) is 0 Å². The van der Waals surface area contributed by atoms with Crippen molar-refractivity contribution < 1.29 is 0 Å². The summed E-state index contributed by atoms with van der Waals surface area (Å²) < 4.78 is 0. The molecule has 0 heterocycles. The van der Waals surface area contributed by atoms with Gasteiger partial charge < -0.3 is 0 Å². The third-order valence-electron chi connectivity index (χ3n) is 2.23. The summed E-state index contributed by atoms with van der Waals surface area (Å²) in [4.78, 5) is 0.